The van der Waals surface area contributed by atoms with Crippen LogP contribution in [0, 0.1) is 11.8 Å². The van der Waals surface area contributed by atoms with Gasteiger partial charge in [-0.15, -0.1) is 0 Å². The fourth-order valence-corrected chi connectivity index (χ4v) is 4.71. The minimum atomic E-state index is -2.92. The number of rotatable bonds is 6. The number of hydrogen-bond donors (Lipinski definition) is 0. The predicted octanol–water partition coefficient (Wildman–Crippen LogP) is 1.64. The third-order valence-electron chi connectivity index (χ3n) is 4.64. The lowest BCUT2D eigenvalue weighted by Gasteiger charge is -2.32. The molecular formula is C16H27NO4S. The third kappa shape index (κ3) is 5.09. The highest BCUT2D eigenvalue weighted by atomic mass is 32.2. The van der Waals surface area contributed by atoms with Crippen LogP contribution in [-0.4, -0.2) is 57.5 Å². The zero-order chi connectivity index (χ0) is 16.0. The van der Waals surface area contributed by atoms with Crippen molar-refractivity contribution in [3.05, 3.63) is 12.2 Å². The maximum Gasteiger partial charge on any atom is 0.225 e. The number of methoxy groups -OCH3 is 1. The second kappa shape index (κ2) is 8.11. The Morgan fingerprint density at radius 3 is 2.55 bits per heavy atom. The van der Waals surface area contributed by atoms with E-state index < -0.39 is 9.84 Å². The molecule has 0 unspecified atom stereocenters. The first-order chi connectivity index (χ1) is 10.5. The first-order valence-electron chi connectivity index (χ1n) is 8.15. The Labute approximate surface area is 133 Å². The molecule has 1 aliphatic heterocycles. The number of carbonyl (C=O) groups is 1. The van der Waals surface area contributed by atoms with Gasteiger partial charge >= 0.3 is 0 Å². The maximum atomic E-state index is 12.7. The standard InChI is InChI=1S/C16H27NO4S/c1-21-10-9-17(13-14-5-3-2-4-6-14)16(18)15-7-11-22(19,20)12-8-15/h2-3,14-15H,4-13H2,1H3/t14-/m1/s1. The number of hydrogen-bond acceptors (Lipinski definition) is 4. The maximum absolute atomic E-state index is 12.7. The van der Waals surface area contributed by atoms with E-state index in [2.05, 4.69) is 12.2 Å². The van der Waals surface area contributed by atoms with E-state index in [0.29, 0.717) is 31.9 Å². The fourth-order valence-electron chi connectivity index (χ4n) is 3.22. The van der Waals surface area contributed by atoms with Crippen molar-refractivity contribution < 1.29 is 17.9 Å². The molecule has 0 aromatic rings. The molecule has 0 bridgehead atoms. The van der Waals surface area contributed by atoms with E-state index in [9.17, 15) is 13.2 Å². The summed E-state index contributed by atoms with van der Waals surface area (Å²) in [4.78, 5) is 14.6. The van der Waals surface area contributed by atoms with E-state index >= 15 is 0 Å². The molecule has 5 nitrogen and oxygen atoms in total. The summed E-state index contributed by atoms with van der Waals surface area (Å²) in [5.41, 5.74) is 0. The van der Waals surface area contributed by atoms with Crippen molar-refractivity contribution in [3.8, 4) is 0 Å². The Morgan fingerprint density at radius 1 is 1.23 bits per heavy atom. The van der Waals surface area contributed by atoms with Gasteiger partial charge < -0.3 is 9.64 Å². The summed E-state index contributed by atoms with van der Waals surface area (Å²) in [5, 5.41) is 0. The molecule has 0 N–H and O–H groups in total. The van der Waals surface area contributed by atoms with Crippen LogP contribution < -0.4 is 0 Å². The number of nitrogens with zero attached hydrogens (tertiary/aromatic N) is 1. The van der Waals surface area contributed by atoms with Crippen LogP contribution in [0.3, 0.4) is 0 Å². The molecule has 6 heteroatoms. The van der Waals surface area contributed by atoms with Crippen molar-refractivity contribution in [1.82, 2.24) is 4.90 Å². The van der Waals surface area contributed by atoms with Gasteiger partial charge in [-0.1, -0.05) is 12.2 Å². The van der Waals surface area contributed by atoms with E-state index in [1.165, 1.54) is 0 Å². The molecular weight excluding hydrogens is 302 g/mol. The first kappa shape index (κ1) is 17.5. The van der Waals surface area contributed by atoms with E-state index in [-0.39, 0.29) is 23.3 Å². The Hall–Kier alpha value is -0.880. The largest absolute Gasteiger partial charge is 0.383 e. The van der Waals surface area contributed by atoms with Gasteiger partial charge in [-0.2, -0.15) is 0 Å². The Balaban J connectivity index is 1.94. The fraction of sp³-hybridized carbons (Fsp3) is 0.812. The lowest BCUT2D eigenvalue weighted by Crippen LogP contribution is -2.43. The second-order valence-corrected chi connectivity index (χ2v) is 8.66. The number of ether oxygens (including phenoxy) is 1. The zero-order valence-corrected chi connectivity index (χ0v) is 14.2. The molecule has 1 heterocycles. The summed E-state index contributed by atoms with van der Waals surface area (Å²) in [5.74, 6) is 0.778. The smallest absolute Gasteiger partial charge is 0.225 e. The average molecular weight is 329 g/mol. The van der Waals surface area contributed by atoms with Gasteiger partial charge in [0, 0.05) is 26.1 Å². The van der Waals surface area contributed by atoms with Gasteiger partial charge in [0.2, 0.25) is 5.91 Å². The van der Waals surface area contributed by atoms with Crippen molar-refractivity contribution in [1.29, 1.82) is 0 Å². The van der Waals surface area contributed by atoms with E-state index in [1.807, 2.05) is 4.90 Å². The van der Waals surface area contributed by atoms with Crippen LogP contribution in [0.4, 0.5) is 0 Å². The molecule has 2 aliphatic rings. The lowest BCUT2D eigenvalue weighted by atomic mass is 9.93. The number of amides is 1. The van der Waals surface area contributed by atoms with Gasteiger partial charge in [-0.25, -0.2) is 8.42 Å². The average Bonchev–Trinajstić information content (AvgIpc) is 2.52. The highest BCUT2D eigenvalue weighted by molar-refractivity contribution is 7.91. The second-order valence-electron chi connectivity index (χ2n) is 6.35. The summed E-state index contributed by atoms with van der Waals surface area (Å²) in [6.45, 7) is 1.88. The minimum Gasteiger partial charge on any atom is -0.383 e. The summed E-state index contributed by atoms with van der Waals surface area (Å²) < 4.78 is 28.2. The van der Waals surface area contributed by atoms with Gasteiger partial charge in [0.1, 0.15) is 9.84 Å². The van der Waals surface area contributed by atoms with Crippen LogP contribution in [-0.2, 0) is 19.4 Å². The highest BCUT2D eigenvalue weighted by Crippen LogP contribution is 2.24. The molecule has 0 radical (unpaired) electrons. The molecule has 126 valence electrons. The molecule has 0 aromatic heterocycles. The van der Waals surface area contributed by atoms with Crippen LogP contribution in [0.15, 0.2) is 12.2 Å². The molecule has 0 saturated carbocycles. The van der Waals surface area contributed by atoms with Crippen molar-refractivity contribution in [2.45, 2.75) is 32.1 Å². The zero-order valence-electron chi connectivity index (χ0n) is 13.4. The monoisotopic (exact) mass is 329 g/mol. The molecule has 22 heavy (non-hydrogen) atoms. The molecule has 1 fully saturated rings. The first-order valence-corrected chi connectivity index (χ1v) is 9.97. The third-order valence-corrected chi connectivity index (χ3v) is 6.35. The van der Waals surface area contributed by atoms with E-state index in [4.69, 9.17) is 4.74 Å². The summed E-state index contributed by atoms with van der Waals surface area (Å²) >= 11 is 0. The van der Waals surface area contributed by atoms with Crippen molar-refractivity contribution in [2.24, 2.45) is 11.8 Å². The number of carbonyl (C=O) groups excluding carboxylic acids is 1. The minimum absolute atomic E-state index is 0.113. The quantitative estimate of drug-likeness (QED) is 0.695. The van der Waals surface area contributed by atoms with Gasteiger partial charge in [-0.3, -0.25) is 4.79 Å². The van der Waals surface area contributed by atoms with Crippen LogP contribution in [0.1, 0.15) is 32.1 Å². The summed E-state index contributed by atoms with van der Waals surface area (Å²) in [7, 11) is -1.29. The van der Waals surface area contributed by atoms with Crippen molar-refractivity contribution in [2.75, 3.05) is 38.3 Å². The predicted molar refractivity (Wildman–Crippen MR) is 86.3 cm³/mol. The SMILES string of the molecule is COCCN(C[C@@H]1CC=CCC1)C(=O)C1CCS(=O)(=O)CC1. The molecule has 1 aliphatic carbocycles. The molecule has 2 rings (SSSR count). The van der Waals surface area contributed by atoms with Crippen molar-refractivity contribution in [3.63, 3.8) is 0 Å². The van der Waals surface area contributed by atoms with Gasteiger partial charge in [0.15, 0.2) is 0 Å². The number of allylic oxidation sites excluding steroid dienone is 2. The Kier molecular flexibility index (Phi) is 6.44. The van der Waals surface area contributed by atoms with Crippen LogP contribution in [0.5, 0.6) is 0 Å². The van der Waals surface area contributed by atoms with Crippen LogP contribution >= 0.6 is 0 Å². The lowest BCUT2D eigenvalue weighted by molar-refractivity contribution is -0.137. The van der Waals surface area contributed by atoms with Gasteiger partial charge in [0.05, 0.1) is 18.1 Å². The van der Waals surface area contributed by atoms with Gasteiger partial charge in [0.25, 0.3) is 0 Å². The molecule has 1 atom stereocenters. The van der Waals surface area contributed by atoms with Crippen molar-refractivity contribution >= 4 is 15.7 Å². The normalized spacial score (nSPS) is 25.0. The summed E-state index contributed by atoms with van der Waals surface area (Å²) in [6.07, 6.45) is 8.55. The van der Waals surface area contributed by atoms with Crippen LogP contribution in [0.2, 0.25) is 0 Å². The van der Waals surface area contributed by atoms with Crippen LogP contribution in [0.25, 0.3) is 0 Å². The number of sulfone groups is 1. The summed E-state index contributed by atoms with van der Waals surface area (Å²) in [6, 6.07) is 0. The van der Waals surface area contributed by atoms with E-state index in [1.54, 1.807) is 7.11 Å². The van der Waals surface area contributed by atoms with Gasteiger partial charge in [-0.05, 0) is 38.0 Å². The topological polar surface area (TPSA) is 63.7 Å². The molecule has 0 spiro atoms. The molecule has 1 saturated heterocycles. The highest BCUT2D eigenvalue weighted by Gasteiger charge is 2.32. The Morgan fingerprint density at radius 2 is 1.95 bits per heavy atom. The molecule has 0 aromatic carbocycles. The Bertz CT molecular complexity index is 486. The van der Waals surface area contributed by atoms with E-state index in [0.717, 1.165) is 25.8 Å². The molecule has 1 amide bonds.